The molecule has 0 saturated heterocycles. The first-order valence-electron chi connectivity index (χ1n) is 15.2. The quantitative estimate of drug-likeness (QED) is 0.116. The molecule has 244 valence electrons. The number of hydrogen-bond donors (Lipinski definition) is 2. The van der Waals surface area contributed by atoms with Crippen molar-refractivity contribution in [3.63, 3.8) is 0 Å². The molecule has 0 amide bonds. The Bertz CT molecular complexity index is 1610. The van der Waals surface area contributed by atoms with Crippen molar-refractivity contribution in [1.29, 1.82) is 0 Å². The summed E-state index contributed by atoms with van der Waals surface area (Å²) in [4.78, 5) is 0.464. The highest BCUT2D eigenvalue weighted by atomic mass is 79.9. The van der Waals surface area contributed by atoms with E-state index in [9.17, 15) is 9.11 Å². The van der Waals surface area contributed by atoms with Gasteiger partial charge < -0.3 is 30.9 Å². The van der Waals surface area contributed by atoms with Gasteiger partial charge in [-0.1, -0.05) is 64.7 Å². The van der Waals surface area contributed by atoms with Gasteiger partial charge in [0.25, 0.3) is 0 Å². The molecule has 5 rings (SSSR count). The second-order valence-corrected chi connectivity index (χ2v) is 14.8. The zero-order valence-corrected chi connectivity index (χ0v) is 30.3. The lowest BCUT2D eigenvalue weighted by molar-refractivity contribution is -0.938. The van der Waals surface area contributed by atoms with Crippen molar-refractivity contribution in [2.45, 2.75) is 58.5 Å². The Morgan fingerprint density at radius 2 is 1.47 bits per heavy atom. The SMILES string of the molecule is CC[N+](CC)(CCCCN(Cc1cc2c(cc1Cl)OCO2)S(O)(O)c1ccc2cc(Cl)ccc2c1)Cc1cc(C)cc(C)c1.[Br-]. The van der Waals surface area contributed by atoms with Gasteiger partial charge in [0.2, 0.25) is 6.79 Å². The molecule has 0 radical (unpaired) electrons. The van der Waals surface area contributed by atoms with E-state index in [-0.39, 0.29) is 30.3 Å². The Morgan fingerprint density at radius 1 is 0.822 bits per heavy atom. The smallest absolute Gasteiger partial charge is 0.231 e. The first-order chi connectivity index (χ1) is 21.0. The van der Waals surface area contributed by atoms with E-state index < -0.39 is 10.8 Å². The van der Waals surface area contributed by atoms with Crippen LogP contribution >= 0.6 is 34.0 Å². The number of nitrogens with zero attached hydrogens (tertiary/aromatic N) is 2. The molecule has 0 atom stereocenters. The van der Waals surface area contributed by atoms with Gasteiger partial charge in [0.1, 0.15) is 6.54 Å². The lowest BCUT2D eigenvalue weighted by Gasteiger charge is -2.43. The molecule has 10 heteroatoms. The summed E-state index contributed by atoms with van der Waals surface area (Å²) >= 11 is 12.9. The topological polar surface area (TPSA) is 62.2 Å². The van der Waals surface area contributed by atoms with E-state index in [1.807, 2.05) is 36.4 Å². The van der Waals surface area contributed by atoms with Gasteiger partial charge in [-0.2, -0.15) is 4.31 Å². The summed E-state index contributed by atoms with van der Waals surface area (Å²) in [5, 5.41) is 2.98. The van der Waals surface area contributed by atoms with Crippen LogP contribution in [-0.2, 0) is 13.1 Å². The monoisotopic (exact) mass is 736 g/mol. The molecule has 0 aliphatic carbocycles. The van der Waals surface area contributed by atoms with Crippen molar-refractivity contribution in [3.05, 3.63) is 99.0 Å². The number of hydrogen-bond acceptors (Lipinski definition) is 5. The number of unbranched alkanes of at least 4 members (excludes halogenated alkanes) is 1. The lowest BCUT2D eigenvalue weighted by atomic mass is 10.1. The summed E-state index contributed by atoms with van der Waals surface area (Å²) in [7, 11) is -3.35. The number of halogens is 3. The number of ether oxygens (including phenoxy) is 2. The van der Waals surface area contributed by atoms with Crippen LogP contribution in [-0.4, -0.2) is 50.9 Å². The molecule has 0 aromatic heterocycles. The predicted octanol–water partition coefficient (Wildman–Crippen LogP) is 6.86. The minimum Gasteiger partial charge on any atom is -1.00 e. The minimum absolute atomic E-state index is 0. The fourth-order valence-electron chi connectivity index (χ4n) is 6.21. The van der Waals surface area contributed by atoms with Crippen LogP contribution in [0.25, 0.3) is 10.8 Å². The molecule has 0 spiro atoms. The van der Waals surface area contributed by atoms with Crippen LogP contribution in [0.3, 0.4) is 0 Å². The molecule has 0 saturated carbocycles. The predicted molar refractivity (Wildman–Crippen MR) is 183 cm³/mol. The van der Waals surface area contributed by atoms with Crippen LogP contribution < -0.4 is 26.5 Å². The summed E-state index contributed by atoms with van der Waals surface area (Å²) in [5.74, 6) is 1.21. The van der Waals surface area contributed by atoms with Gasteiger partial charge in [-0.3, -0.25) is 9.11 Å². The Hall–Kier alpha value is -2.01. The van der Waals surface area contributed by atoms with Gasteiger partial charge >= 0.3 is 0 Å². The summed E-state index contributed by atoms with van der Waals surface area (Å²) < 4.78 is 37.5. The number of rotatable bonds is 13. The standard InChI is InChI=1S/C35H42Cl2N2O4S.BrH/c1-5-39(6-2,23-27-16-25(3)15-26(4)17-27)14-8-7-13-38(22-30-20-34-35(21-33(30)37)43-24-42-34)44(40,41)32-12-10-28-18-31(36)11-9-29(28)19-32;/h9-12,15-21H,5-8,13-14,22-24H2,1-4H3,(H-,40,41);1H. The fraction of sp³-hybridized carbons (Fsp3) is 0.371. The Labute approximate surface area is 289 Å². The van der Waals surface area contributed by atoms with Crippen LogP contribution in [0.4, 0.5) is 0 Å². The molecule has 6 nitrogen and oxygen atoms in total. The van der Waals surface area contributed by atoms with Gasteiger partial charge in [-0.25, -0.2) is 0 Å². The van der Waals surface area contributed by atoms with Crippen LogP contribution in [0, 0.1) is 13.8 Å². The van der Waals surface area contributed by atoms with Gasteiger partial charge in [-0.15, -0.1) is 10.8 Å². The molecule has 4 aromatic rings. The highest BCUT2D eigenvalue weighted by molar-refractivity contribution is 8.22. The molecule has 45 heavy (non-hydrogen) atoms. The summed E-state index contributed by atoms with van der Waals surface area (Å²) in [6, 6.07) is 21.5. The maximum Gasteiger partial charge on any atom is 0.231 e. The summed E-state index contributed by atoms with van der Waals surface area (Å²) in [6.45, 7) is 13.8. The highest BCUT2D eigenvalue weighted by Gasteiger charge is 2.29. The second-order valence-electron chi connectivity index (χ2n) is 11.9. The number of aryl methyl sites for hydroxylation is 2. The highest BCUT2D eigenvalue weighted by Crippen LogP contribution is 2.53. The van der Waals surface area contributed by atoms with Gasteiger partial charge in [0, 0.05) is 34.8 Å². The van der Waals surface area contributed by atoms with Gasteiger partial charge in [0.05, 0.1) is 24.5 Å². The Morgan fingerprint density at radius 3 is 2.16 bits per heavy atom. The average molecular weight is 739 g/mol. The molecule has 1 aliphatic rings. The van der Waals surface area contributed by atoms with Gasteiger partial charge in [-0.05, 0) is 87.2 Å². The van der Waals surface area contributed by atoms with E-state index in [4.69, 9.17) is 32.7 Å². The molecule has 0 bridgehead atoms. The van der Waals surface area contributed by atoms with Crippen LogP contribution in [0.5, 0.6) is 11.5 Å². The number of fused-ring (bicyclic) bond motifs is 2. The van der Waals surface area contributed by atoms with Crippen LogP contribution in [0.2, 0.25) is 10.0 Å². The first-order valence-corrected chi connectivity index (χ1v) is 17.5. The van der Waals surface area contributed by atoms with Crippen molar-refractivity contribution in [3.8, 4) is 11.5 Å². The second kappa shape index (κ2) is 15.3. The van der Waals surface area contributed by atoms with Crippen LogP contribution in [0.15, 0.2) is 71.6 Å². The maximum atomic E-state index is 11.8. The van der Waals surface area contributed by atoms with E-state index in [1.165, 1.54) is 16.7 Å². The third kappa shape index (κ3) is 8.48. The number of benzene rings is 4. The third-order valence-electron chi connectivity index (χ3n) is 8.77. The van der Waals surface area contributed by atoms with E-state index in [0.29, 0.717) is 33.0 Å². The maximum absolute atomic E-state index is 11.8. The zero-order chi connectivity index (χ0) is 31.5. The van der Waals surface area contributed by atoms with Crippen molar-refractivity contribution in [2.75, 3.05) is 33.0 Å². The minimum atomic E-state index is -3.35. The lowest BCUT2D eigenvalue weighted by Crippen LogP contribution is -3.00. The average Bonchev–Trinajstić information content (AvgIpc) is 3.44. The molecule has 4 aromatic carbocycles. The Balaban J connectivity index is 0.00000461. The van der Waals surface area contributed by atoms with Crippen molar-refractivity contribution >= 4 is 44.8 Å². The first kappa shape index (κ1) is 35.8. The van der Waals surface area contributed by atoms with E-state index in [2.05, 4.69) is 45.9 Å². The molecule has 0 fully saturated rings. The molecular formula is C35H43BrCl2N2O4S. The largest absolute Gasteiger partial charge is 1.00 e. The summed E-state index contributed by atoms with van der Waals surface area (Å²) in [5.41, 5.74) is 4.72. The zero-order valence-electron chi connectivity index (χ0n) is 26.4. The fourth-order valence-corrected chi connectivity index (χ4v) is 8.14. The molecule has 2 N–H and O–H groups in total. The van der Waals surface area contributed by atoms with Gasteiger partial charge in [0.15, 0.2) is 11.5 Å². The van der Waals surface area contributed by atoms with E-state index in [1.54, 1.807) is 16.4 Å². The van der Waals surface area contributed by atoms with Crippen molar-refractivity contribution < 1.29 is 40.0 Å². The molecular weight excluding hydrogens is 695 g/mol. The summed E-state index contributed by atoms with van der Waals surface area (Å²) in [6.07, 6.45) is 1.75. The molecule has 1 aliphatic heterocycles. The Kier molecular flexibility index (Phi) is 12.2. The normalized spacial score (nSPS) is 13.4. The van der Waals surface area contributed by atoms with Crippen molar-refractivity contribution in [1.82, 2.24) is 4.31 Å². The van der Waals surface area contributed by atoms with E-state index >= 15 is 0 Å². The van der Waals surface area contributed by atoms with Crippen LogP contribution in [0.1, 0.15) is 48.9 Å². The molecule has 1 heterocycles. The van der Waals surface area contributed by atoms with E-state index in [0.717, 1.165) is 59.8 Å². The third-order valence-corrected chi connectivity index (χ3v) is 11.3. The van der Waals surface area contributed by atoms with Crippen molar-refractivity contribution in [2.24, 2.45) is 0 Å². The number of quaternary nitrogens is 1. The molecule has 0 unspecified atom stereocenters.